The largest absolute Gasteiger partial charge is 0.383 e. The van der Waals surface area contributed by atoms with Gasteiger partial charge >= 0.3 is 0 Å². The summed E-state index contributed by atoms with van der Waals surface area (Å²) in [5, 5.41) is 13.2. The lowest BCUT2D eigenvalue weighted by Crippen LogP contribution is -2.19. The molecule has 174 valence electrons. The highest BCUT2D eigenvalue weighted by molar-refractivity contribution is 5.99. The van der Waals surface area contributed by atoms with Crippen LogP contribution in [0, 0.1) is 5.92 Å². The third-order valence-corrected chi connectivity index (χ3v) is 6.36. The van der Waals surface area contributed by atoms with E-state index in [1.54, 1.807) is 48.6 Å². The number of aromatic nitrogens is 7. The second-order valence-corrected chi connectivity index (χ2v) is 8.80. The summed E-state index contributed by atoms with van der Waals surface area (Å²) in [6, 6.07) is 5.44. The van der Waals surface area contributed by atoms with Gasteiger partial charge in [0.1, 0.15) is 17.2 Å². The normalized spacial score (nSPS) is 17.1. The lowest BCUT2D eigenvalue weighted by molar-refractivity contribution is -0.117. The molecule has 35 heavy (non-hydrogen) atoms. The van der Waals surface area contributed by atoms with Crippen LogP contribution in [0.2, 0.25) is 0 Å². The number of pyridine rings is 3. The van der Waals surface area contributed by atoms with Crippen LogP contribution < -0.4 is 16.6 Å². The van der Waals surface area contributed by atoms with Gasteiger partial charge in [-0.1, -0.05) is 0 Å². The number of anilines is 2. The molecule has 5 aromatic rings. The molecule has 0 saturated heterocycles. The van der Waals surface area contributed by atoms with Crippen LogP contribution in [0.3, 0.4) is 0 Å². The number of nitrogens with two attached hydrogens (primary N) is 1. The standard InChI is InChI=1S/C24H21N9O2/c1-32-11-15(9-28-32)16-6-17(16)23(34)31-20-5-12-4-19(30-22(25)18(12)10-26-20)13-3-14-8-29-33(2)24(35)21(14)27-7-13/h3-5,7-11,16-17H,6H2,1-2H3,(H2,25,30)(H,26,31,34)/t16-,17+/m1/s1. The van der Waals surface area contributed by atoms with Gasteiger partial charge in [-0.05, 0) is 41.5 Å². The van der Waals surface area contributed by atoms with E-state index in [0.29, 0.717) is 39.2 Å². The molecule has 1 fully saturated rings. The van der Waals surface area contributed by atoms with Crippen molar-refractivity contribution in [1.29, 1.82) is 0 Å². The number of rotatable bonds is 4. The van der Waals surface area contributed by atoms with E-state index in [2.05, 4.69) is 30.5 Å². The minimum Gasteiger partial charge on any atom is -0.383 e. The first-order chi connectivity index (χ1) is 16.9. The summed E-state index contributed by atoms with van der Waals surface area (Å²) >= 11 is 0. The summed E-state index contributed by atoms with van der Waals surface area (Å²) in [6.07, 6.45) is 9.32. The summed E-state index contributed by atoms with van der Waals surface area (Å²) in [7, 11) is 3.44. The monoisotopic (exact) mass is 467 g/mol. The van der Waals surface area contributed by atoms with Crippen LogP contribution in [0.5, 0.6) is 0 Å². The summed E-state index contributed by atoms with van der Waals surface area (Å²) in [5.41, 5.74) is 8.63. The van der Waals surface area contributed by atoms with Crippen molar-refractivity contribution in [2.24, 2.45) is 20.0 Å². The molecule has 0 radical (unpaired) electrons. The van der Waals surface area contributed by atoms with Crippen molar-refractivity contribution in [3.63, 3.8) is 0 Å². The molecule has 1 amide bonds. The number of nitrogen functional groups attached to an aromatic ring is 1. The van der Waals surface area contributed by atoms with Crippen molar-refractivity contribution < 1.29 is 4.79 Å². The first kappa shape index (κ1) is 20.9. The zero-order chi connectivity index (χ0) is 24.3. The molecule has 5 heterocycles. The highest BCUT2D eigenvalue weighted by Crippen LogP contribution is 2.47. The SMILES string of the molecule is Cn1cc([C@H]2C[C@@H]2C(=O)Nc2cc3cc(-c4cnc5c(=O)n(C)ncc5c4)nc(N)c3cn2)cn1. The van der Waals surface area contributed by atoms with E-state index < -0.39 is 0 Å². The molecule has 0 bridgehead atoms. The molecule has 2 atom stereocenters. The molecule has 11 heteroatoms. The van der Waals surface area contributed by atoms with E-state index in [1.807, 2.05) is 19.3 Å². The maximum atomic E-state index is 12.8. The molecule has 0 unspecified atom stereocenters. The molecule has 1 saturated carbocycles. The molecule has 6 rings (SSSR count). The van der Waals surface area contributed by atoms with Crippen molar-refractivity contribution in [3.8, 4) is 11.3 Å². The molecule has 1 aliphatic rings. The van der Waals surface area contributed by atoms with Crippen molar-refractivity contribution in [2.45, 2.75) is 12.3 Å². The predicted molar refractivity (Wildman–Crippen MR) is 130 cm³/mol. The van der Waals surface area contributed by atoms with Crippen molar-refractivity contribution in [2.75, 3.05) is 11.1 Å². The summed E-state index contributed by atoms with van der Waals surface area (Å²) in [4.78, 5) is 38.2. The number of nitrogens with zero attached hydrogens (tertiary/aromatic N) is 7. The molecule has 1 aliphatic carbocycles. The fourth-order valence-electron chi connectivity index (χ4n) is 4.35. The number of carbonyl (C=O) groups is 1. The lowest BCUT2D eigenvalue weighted by atomic mass is 10.1. The maximum Gasteiger partial charge on any atom is 0.292 e. The fraction of sp³-hybridized carbons (Fsp3) is 0.208. The van der Waals surface area contributed by atoms with Gasteiger partial charge in [-0.2, -0.15) is 10.2 Å². The Morgan fingerprint density at radius 1 is 1.06 bits per heavy atom. The second-order valence-electron chi connectivity index (χ2n) is 8.80. The first-order valence-electron chi connectivity index (χ1n) is 11.1. The molecule has 3 N–H and O–H groups in total. The highest BCUT2D eigenvalue weighted by atomic mass is 16.2. The Hall–Kier alpha value is -4.67. The fourth-order valence-corrected chi connectivity index (χ4v) is 4.35. The van der Waals surface area contributed by atoms with Gasteiger partial charge in [-0.25, -0.2) is 19.6 Å². The van der Waals surface area contributed by atoms with Gasteiger partial charge in [0.05, 0.1) is 18.1 Å². The van der Waals surface area contributed by atoms with E-state index in [0.717, 1.165) is 17.4 Å². The van der Waals surface area contributed by atoms with Crippen molar-refractivity contribution in [1.82, 2.24) is 34.5 Å². The van der Waals surface area contributed by atoms with E-state index in [9.17, 15) is 9.59 Å². The highest BCUT2D eigenvalue weighted by Gasteiger charge is 2.44. The van der Waals surface area contributed by atoms with Gasteiger partial charge in [0.15, 0.2) is 0 Å². The minimum absolute atomic E-state index is 0.0687. The van der Waals surface area contributed by atoms with Crippen LogP contribution >= 0.6 is 0 Å². The Labute approximate surface area is 198 Å². The summed E-state index contributed by atoms with van der Waals surface area (Å²) in [5.74, 6) is 0.770. The van der Waals surface area contributed by atoms with Gasteiger partial charge in [0, 0.05) is 54.9 Å². The Morgan fingerprint density at radius 2 is 1.91 bits per heavy atom. The molecular weight excluding hydrogens is 446 g/mol. The molecule has 11 nitrogen and oxygen atoms in total. The number of amides is 1. The average molecular weight is 467 g/mol. The Balaban J connectivity index is 1.29. The number of hydrogen-bond donors (Lipinski definition) is 2. The molecule has 0 aliphatic heterocycles. The molecule has 0 spiro atoms. The van der Waals surface area contributed by atoms with Gasteiger partial charge < -0.3 is 11.1 Å². The zero-order valence-corrected chi connectivity index (χ0v) is 19.0. The van der Waals surface area contributed by atoms with Crippen LogP contribution in [0.25, 0.3) is 32.9 Å². The second kappa shape index (κ2) is 7.69. The smallest absolute Gasteiger partial charge is 0.292 e. The van der Waals surface area contributed by atoms with Crippen LogP contribution in [0.1, 0.15) is 17.9 Å². The Bertz CT molecular complexity index is 1710. The zero-order valence-electron chi connectivity index (χ0n) is 19.0. The van der Waals surface area contributed by atoms with E-state index in [1.165, 1.54) is 4.68 Å². The van der Waals surface area contributed by atoms with Gasteiger partial charge in [-0.15, -0.1) is 0 Å². The van der Waals surface area contributed by atoms with Gasteiger partial charge in [0.25, 0.3) is 5.56 Å². The number of fused-ring (bicyclic) bond motifs is 2. The Kier molecular flexibility index (Phi) is 4.59. The lowest BCUT2D eigenvalue weighted by Gasteiger charge is -2.09. The maximum absolute atomic E-state index is 12.8. The van der Waals surface area contributed by atoms with Crippen molar-refractivity contribution >= 4 is 39.2 Å². The van der Waals surface area contributed by atoms with E-state index in [-0.39, 0.29) is 23.3 Å². The van der Waals surface area contributed by atoms with Crippen molar-refractivity contribution in [3.05, 3.63) is 65.1 Å². The number of nitrogens with one attached hydrogen (secondary N) is 1. The predicted octanol–water partition coefficient (Wildman–Crippen LogP) is 2.00. The van der Waals surface area contributed by atoms with E-state index in [4.69, 9.17) is 5.73 Å². The quantitative estimate of drug-likeness (QED) is 0.408. The molecule has 5 aromatic heterocycles. The number of hydrogen-bond acceptors (Lipinski definition) is 8. The number of aryl methyl sites for hydroxylation is 2. The average Bonchev–Trinajstić information content (AvgIpc) is 3.54. The van der Waals surface area contributed by atoms with Crippen LogP contribution in [0.4, 0.5) is 11.6 Å². The summed E-state index contributed by atoms with van der Waals surface area (Å²) in [6.45, 7) is 0. The van der Waals surface area contributed by atoms with Gasteiger partial charge in [0.2, 0.25) is 5.91 Å². The third kappa shape index (κ3) is 3.66. The summed E-state index contributed by atoms with van der Waals surface area (Å²) < 4.78 is 2.98. The van der Waals surface area contributed by atoms with Crippen LogP contribution in [-0.4, -0.2) is 40.4 Å². The minimum atomic E-state index is -0.270. The van der Waals surface area contributed by atoms with Crippen LogP contribution in [0.15, 0.2) is 54.0 Å². The number of carbonyl (C=O) groups excluding carboxylic acids is 1. The first-order valence-corrected chi connectivity index (χ1v) is 11.1. The van der Waals surface area contributed by atoms with Crippen LogP contribution in [-0.2, 0) is 18.9 Å². The Morgan fingerprint density at radius 3 is 2.71 bits per heavy atom. The third-order valence-electron chi connectivity index (χ3n) is 6.36. The molecular formula is C24H21N9O2. The van der Waals surface area contributed by atoms with E-state index >= 15 is 0 Å². The van der Waals surface area contributed by atoms with Gasteiger partial charge in [-0.3, -0.25) is 14.3 Å². The molecule has 0 aromatic carbocycles. The topological polar surface area (TPSA) is 146 Å².